The van der Waals surface area contributed by atoms with Gasteiger partial charge in [0.2, 0.25) is 0 Å². The van der Waals surface area contributed by atoms with Gasteiger partial charge < -0.3 is 21.3 Å². The van der Waals surface area contributed by atoms with Crippen molar-refractivity contribution in [1.29, 1.82) is 0 Å². The van der Waals surface area contributed by atoms with Crippen LogP contribution >= 0.6 is 12.4 Å². The second-order valence-corrected chi connectivity index (χ2v) is 6.94. The minimum Gasteiger partial charge on any atom is -0.480 e. The number of halogens is 1. The number of nitrogens with one attached hydrogen (secondary N) is 1. The van der Waals surface area contributed by atoms with E-state index in [9.17, 15) is 19.8 Å². The first-order valence-corrected chi connectivity index (χ1v) is 8.98. The first kappa shape index (κ1) is 22.4. The third-order valence-corrected chi connectivity index (χ3v) is 4.90. The highest BCUT2D eigenvalue weighted by molar-refractivity contribution is 5.86. The average Bonchev–Trinajstić information content (AvgIpc) is 2.62. The van der Waals surface area contributed by atoms with Gasteiger partial charge in [-0.2, -0.15) is 0 Å². The van der Waals surface area contributed by atoms with Crippen molar-refractivity contribution in [1.82, 2.24) is 5.32 Å². The molecule has 2 rings (SSSR count). The number of aliphatic hydroxyl groups is 1. The molecule has 0 saturated heterocycles. The van der Waals surface area contributed by atoms with E-state index in [0.717, 1.165) is 31.2 Å². The highest BCUT2D eigenvalue weighted by Gasteiger charge is 2.29. The Morgan fingerprint density at radius 1 is 1.15 bits per heavy atom. The monoisotopic (exact) mass is 384 g/mol. The van der Waals surface area contributed by atoms with Crippen molar-refractivity contribution in [2.24, 2.45) is 11.7 Å². The molecule has 7 heteroatoms. The summed E-state index contributed by atoms with van der Waals surface area (Å²) in [7, 11) is 0. The molecule has 1 aliphatic rings. The summed E-state index contributed by atoms with van der Waals surface area (Å²) in [6, 6.07) is 7.29. The maximum absolute atomic E-state index is 12.2. The Kier molecular flexibility index (Phi) is 9.62. The van der Waals surface area contributed by atoms with Gasteiger partial charge in [-0.1, -0.05) is 62.4 Å². The van der Waals surface area contributed by atoms with Gasteiger partial charge in [0.1, 0.15) is 12.1 Å². The van der Waals surface area contributed by atoms with Gasteiger partial charge in [-0.25, -0.2) is 4.79 Å². The van der Waals surface area contributed by atoms with Crippen molar-refractivity contribution in [3.05, 3.63) is 35.9 Å². The molecule has 0 bridgehead atoms. The van der Waals surface area contributed by atoms with Crippen molar-refractivity contribution < 1.29 is 19.8 Å². The van der Waals surface area contributed by atoms with E-state index in [1.165, 1.54) is 6.42 Å². The normalized spacial score (nSPS) is 18.2. The molecule has 1 amide bonds. The van der Waals surface area contributed by atoms with Crippen LogP contribution in [0.2, 0.25) is 0 Å². The smallest absolute Gasteiger partial charge is 0.326 e. The lowest BCUT2D eigenvalue weighted by atomic mass is 9.84. The predicted molar refractivity (Wildman–Crippen MR) is 102 cm³/mol. The predicted octanol–water partition coefficient (Wildman–Crippen LogP) is 1.88. The molecule has 1 aromatic rings. The number of carboxylic acid groups (broad SMARTS) is 1. The molecular formula is C19H29ClN2O4. The molecule has 26 heavy (non-hydrogen) atoms. The van der Waals surface area contributed by atoms with E-state index in [1.807, 2.05) is 18.2 Å². The lowest BCUT2D eigenvalue weighted by Gasteiger charge is -2.27. The van der Waals surface area contributed by atoms with Crippen molar-refractivity contribution in [3.8, 4) is 0 Å². The number of aliphatic carboxylic acids is 1. The van der Waals surface area contributed by atoms with Crippen molar-refractivity contribution in [3.63, 3.8) is 0 Å². The molecule has 1 fully saturated rings. The minimum atomic E-state index is -1.39. The van der Waals surface area contributed by atoms with Gasteiger partial charge in [0, 0.05) is 12.5 Å². The Hall–Kier alpha value is -1.63. The van der Waals surface area contributed by atoms with Crippen LogP contribution in [0.1, 0.15) is 44.1 Å². The van der Waals surface area contributed by atoms with Crippen LogP contribution in [0.3, 0.4) is 0 Å². The number of amides is 1. The maximum atomic E-state index is 12.2. The molecule has 5 N–H and O–H groups in total. The fraction of sp³-hybridized carbons (Fsp3) is 0.579. The molecular weight excluding hydrogens is 356 g/mol. The van der Waals surface area contributed by atoms with E-state index >= 15 is 0 Å². The van der Waals surface area contributed by atoms with Crippen LogP contribution in [-0.4, -0.2) is 40.3 Å². The lowest BCUT2D eigenvalue weighted by Crippen LogP contribution is -2.52. The first-order valence-electron chi connectivity index (χ1n) is 8.98. The van der Waals surface area contributed by atoms with Crippen LogP contribution < -0.4 is 11.1 Å². The molecule has 1 aromatic carbocycles. The van der Waals surface area contributed by atoms with Gasteiger partial charge in [-0.3, -0.25) is 4.79 Å². The molecule has 1 saturated carbocycles. The maximum Gasteiger partial charge on any atom is 0.326 e. The summed E-state index contributed by atoms with van der Waals surface area (Å²) in [5.41, 5.74) is 6.80. The Morgan fingerprint density at radius 2 is 1.77 bits per heavy atom. The number of aliphatic hydroxyl groups excluding tert-OH is 1. The number of nitrogens with two attached hydrogens (primary N) is 1. The number of hydrogen-bond donors (Lipinski definition) is 4. The molecule has 0 aromatic heterocycles. The number of rotatable bonds is 8. The third-order valence-electron chi connectivity index (χ3n) is 4.90. The van der Waals surface area contributed by atoms with Crippen LogP contribution in [0.25, 0.3) is 0 Å². The van der Waals surface area contributed by atoms with Crippen LogP contribution in [0.4, 0.5) is 0 Å². The summed E-state index contributed by atoms with van der Waals surface area (Å²) in [4.78, 5) is 23.6. The van der Waals surface area contributed by atoms with Gasteiger partial charge in [-0.05, 0) is 17.9 Å². The topological polar surface area (TPSA) is 113 Å². The number of carbonyl (C=O) groups excluding carboxylic acids is 1. The Morgan fingerprint density at radius 3 is 2.35 bits per heavy atom. The van der Waals surface area contributed by atoms with E-state index in [4.69, 9.17) is 5.73 Å². The third kappa shape index (κ3) is 6.94. The Labute approximate surface area is 160 Å². The van der Waals surface area contributed by atoms with Crippen molar-refractivity contribution >= 4 is 24.3 Å². The first-order chi connectivity index (χ1) is 12.0. The summed E-state index contributed by atoms with van der Waals surface area (Å²) in [6.45, 7) is 0. The molecule has 146 valence electrons. The van der Waals surface area contributed by atoms with E-state index in [2.05, 4.69) is 5.32 Å². The van der Waals surface area contributed by atoms with E-state index in [1.54, 1.807) is 12.1 Å². The summed E-state index contributed by atoms with van der Waals surface area (Å²) in [5.74, 6) is -1.41. The largest absolute Gasteiger partial charge is 0.480 e. The van der Waals surface area contributed by atoms with Gasteiger partial charge in [-0.15, -0.1) is 12.4 Å². The van der Waals surface area contributed by atoms with Crippen LogP contribution in [-0.2, 0) is 16.0 Å². The van der Waals surface area contributed by atoms with Crippen molar-refractivity contribution in [2.45, 2.75) is 63.1 Å². The fourth-order valence-electron chi connectivity index (χ4n) is 3.44. The van der Waals surface area contributed by atoms with Crippen LogP contribution in [0.5, 0.6) is 0 Å². The molecule has 3 atom stereocenters. The zero-order chi connectivity index (χ0) is 18.2. The molecule has 6 nitrogen and oxygen atoms in total. The molecule has 3 unspecified atom stereocenters. The zero-order valence-electron chi connectivity index (χ0n) is 14.8. The number of hydrogen-bond acceptors (Lipinski definition) is 4. The highest BCUT2D eigenvalue weighted by Crippen LogP contribution is 2.27. The molecule has 0 heterocycles. The van der Waals surface area contributed by atoms with Crippen LogP contribution in [0, 0.1) is 5.92 Å². The standard InChI is InChI=1S/C19H28N2O4.ClH/c20-15(11-13-7-3-1-4-8-13)17(22)18(23)21-16(19(24)25)12-14-9-5-2-6-10-14;/h2,5-6,9-10,13,15-17,22H,1,3-4,7-8,11-12,20H2,(H,21,23)(H,24,25);1H. The molecule has 1 aliphatic carbocycles. The molecule has 0 aliphatic heterocycles. The lowest BCUT2D eigenvalue weighted by molar-refractivity contribution is -0.143. The minimum absolute atomic E-state index is 0. The molecule has 0 radical (unpaired) electrons. The fourth-order valence-corrected chi connectivity index (χ4v) is 3.44. The van der Waals surface area contributed by atoms with E-state index in [-0.39, 0.29) is 18.8 Å². The van der Waals surface area contributed by atoms with Crippen molar-refractivity contribution in [2.75, 3.05) is 0 Å². The van der Waals surface area contributed by atoms with Gasteiger partial charge >= 0.3 is 5.97 Å². The number of carbonyl (C=O) groups is 2. The summed E-state index contributed by atoms with van der Waals surface area (Å²) in [6.07, 6.45) is 5.07. The second kappa shape index (κ2) is 11.2. The SMILES string of the molecule is Cl.NC(CC1CCCCC1)C(O)C(=O)NC(Cc1ccccc1)C(=O)O. The van der Waals surface area contributed by atoms with Crippen LogP contribution in [0.15, 0.2) is 30.3 Å². The Bertz CT molecular complexity index is 564. The van der Waals surface area contributed by atoms with Gasteiger partial charge in [0.05, 0.1) is 0 Å². The quantitative estimate of drug-likeness (QED) is 0.546. The van der Waals surface area contributed by atoms with Gasteiger partial charge in [0.25, 0.3) is 5.91 Å². The summed E-state index contributed by atoms with van der Waals surface area (Å²) < 4.78 is 0. The Balaban J connectivity index is 0.00000338. The zero-order valence-corrected chi connectivity index (χ0v) is 15.7. The highest BCUT2D eigenvalue weighted by atomic mass is 35.5. The summed E-state index contributed by atoms with van der Waals surface area (Å²) >= 11 is 0. The second-order valence-electron chi connectivity index (χ2n) is 6.94. The molecule has 0 spiro atoms. The van der Waals surface area contributed by atoms with Gasteiger partial charge in [0.15, 0.2) is 0 Å². The number of carboxylic acids is 1. The average molecular weight is 385 g/mol. The van der Waals surface area contributed by atoms with E-state index in [0.29, 0.717) is 12.3 Å². The number of benzene rings is 1. The summed E-state index contributed by atoms with van der Waals surface area (Å²) in [5, 5.41) is 21.9. The van der Waals surface area contributed by atoms with E-state index < -0.39 is 30.1 Å².